The van der Waals surface area contributed by atoms with E-state index in [9.17, 15) is 9.90 Å². The van der Waals surface area contributed by atoms with E-state index in [1.807, 2.05) is 4.90 Å². The molecule has 1 atom stereocenters. The highest BCUT2D eigenvalue weighted by molar-refractivity contribution is 7.09. The second-order valence-corrected chi connectivity index (χ2v) is 6.85. The summed E-state index contributed by atoms with van der Waals surface area (Å²) in [5.41, 5.74) is 0.586. The van der Waals surface area contributed by atoms with Crippen molar-refractivity contribution in [2.45, 2.75) is 38.1 Å². The Hall–Kier alpha value is -1.81. The number of piperidine rings is 1. The molecule has 0 spiro atoms. The molecule has 3 rings (SSSR count). The van der Waals surface area contributed by atoms with E-state index >= 15 is 0 Å². The smallest absolute Gasteiger partial charge is 0.254 e. The number of hydrogen-bond donors (Lipinski definition) is 1. The fourth-order valence-corrected chi connectivity index (χ4v) is 3.86. The Morgan fingerprint density at radius 3 is 2.95 bits per heavy atom. The summed E-state index contributed by atoms with van der Waals surface area (Å²) < 4.78 is 0. The molecule has 1 aliphatic rings. The largest absolute Gasteiger partial charge is 0.508 e. The molecule has 22 heavy (non-hydrogen) atoms. The molecular weight excluding hydrogens is 294 g/mol. The average molecular weight is 315 g/mol. The zero-order valence-corrected chi connectivity index (χ0v) is 13.4. The van der Waals surface area contributed by atoms with Gasteiger partial charge < -0.3 is 10.0 Å². The van der Waals surface area contributed by atoms with Gasteiger partial charge in [0.1, 0.15) is 5.75 Å². The summed E-state index contributed by atoms with van der Waals surface area (Å²) in [7, 11) is 0. The third-order valence-electron chi connectivity index (χ3n) is 4.29. The average Bonchev–Trinajstić information content (AvgIpc) is 3.06. The topological polar surface area (TPSA) is 40.5 Å². The summed E-state index contributed by atoms with van der Waals surface area (Å²) in [5.74, 6) is 0.199. The number of phenols is 1. The van der Waals surface area contributed by atoms with Crippen LogP contribution in [0.4, 0.5) is 0 Å². The van der Waals surface area contributed by atoms with Gasteiger partial charge in [-0.1, -0.05) is 12.1 Å². The van der Waals surface area contributed by atoms with Crippen molar-refractivity contribution in [2.24, 2.45) is 0 Å². The van der Waals surface area contributed by atoms with Crippen molar-refractivity contribution >= 4 is 17.2 Å². The van der Waals surface area contributed by atoms with Crippen LogP contribution in [0, 0.1) is 0 Å². The zero-order chi connectivity index (χ0) is 15.4. The highest BCUT2D eigenvalue weighted by Gasteiger charge is 2.27. The minimum atomic E-state index is 0.0479. The van der Waals surface area contributed by atoms with Crippen molar-refractivity contribution in [1.82, 2.24) is 4.90 Å². The van der Waals surface area contributed by atoms with Crippen molar-refractivity contribution in [3.05, 3.63) is 52.2 Å². The first-order chi connectivity index (χ1) is 10.7. The summed E-state index contributed by atoms with van der Waals surface area (Å²) in [4.78, 5) is 16.1. The summed E-state index contributed by atoms with van der Waals surface area (Å²) in [6.07, 6.45) is 5.39. The maximum atomic E-state index is 12.7. The SMILES string of the molecule is O=C(c1cccc(O)c1)N1CCCC[C@@H]1CCc1cccs1. The van der Waals surface area contributed by atoms with Gasteiger partial charge in [0, 0.05) is 23.0 Å². The Balaban J connectivity index is 1.70. The molecule has 1 aliphatic heterocycles. The van der Waals surface area contributed by atoms with Crippen LogP contribution in [-0.4, -0.2) is 28.5 Å². The molecule has 3 nitrogen and oxygen atoms in total. The number of likely N-dealkylation sites (tertiary alicyclic amines) is 1. The Morgan fingerprint density at radius 1 is 1.27 bits per heavy atom. The molecule has 2 aromatic rings. The number of amides is 1. The van der Waals surface area contributed by atoms with E-state index in [4.69, 9.17) is 0 Å². The molecule has 116 valence electrons. The maximum absolute atomic E-state index is 12.7. The van der Waals surface area contributed by atoms with Gasteiger partial charge in [-0.05, 0) is 61.7 Å². The van der Waals surface area contributed by atoms with E-state index in [2.05, 4.69) is 17.5 Å². The zero-order valence-electron chi connectivity index (χ0n) is 12.6. The first kappa shape index (κ1) is 15.1. The van der Waals surface area contributed by atoms with E-state index in [-0.39, 0.29) is 11.7 Å². The number of phenolic OH excluding ortho intramolecular Hbond substituents is 1. The first-order valence-corrected chi connectivity index (χ1v) is 8.74. The minimum absolute atomic E-state index is 0.0479. The predicted octanol–water partition coefficient (Wildman–Crippen LogP) is 4.08. The Kier molecular flexibility index (Phi) is 4.78. The van der Waals surface area contributed by atoms with Gasteiger partial charge in [0.15, 0.2) is 0 Å². The van der Waals surface area contributed by atoms with Gasteiger partial charge in [-0.15, -0.1) is 11.3 Å². The molecule has 1 N–H and O–H groups in total. The lowest BCUT2D eigenvalue weighted by Crippen LogP contribution is -2.43. The van der Waals surface area contributed by atoms with Crippen molar-refractivity contribution in [3.8, 4) is 5.75 Å². The van der Waals surface area contributed by atoms with Crippen LogP contribution in [0.5, 0.6) is 5.75 Å². The summed E-state index contributed by atoms with van der Waals surface area (Å²) in [5, 5.41) is 11.7. The fourth-order valence-electron chi connectivity index (χ4n) is 3.14. The summed E-state index contributed by atoms with van der Waals surface area (Å²) >= 11 is 1.78. The van der Waals surface area contributed by atoms with Crippen LogP contribution in [0.25, 0.3) is 0 Å². The lowest BCUT2D eigenvalue weighted by molar-refractivity contribution is 0.0602. The monoisotopic (exact) mass is 315 g/mol. The van der Waals surface area contributed by atoms with Crippen LogP contribution in [0.1, 0.15) is 40.9 Å². The second kappa shape index (κ2) is 6.97. The van der Waals surface area contributed by atoms with Gasteiger partial charge in [0.05, 0.1) is 0 Å². The molecular formula is C18H21NO2S. The molecule has 1 fully saturated rings. The number of carbonyl (C=O) groups excluding carboxylic acids is 1. The molecule has 0 aliphatic carbocycles. The lowest BCUT2D eigenvalue weighted by Gasteiger charge is -2.36. The van der Waals surface area contributed by atoms with Gasteiger partial charge in [-0.3, -0.25) is 4.79 Å². The standard InChI is InChI=1S/C18H21NO2S/c20-16-7-3-5-14(13-16)18(21)19-11-2-1-6-15(19)9-10-17-8-4-12-22-17/h3-5,7-8,12-13,15,20H,1-2,6,9-11H2/t15-/m1/s1. The number of nitrogens with zero attached hydrogens (tertiary/aromatic N) is 1. The van der Waals surface area contributed by atoms with Gasteiger partial charge in [0.2, 0.25) is 0 Å². The quantitative estimate of drug-likeness (QED) is 0.923. The van der Waals surface area contributed by atoms with Crippen LogP contribution in [0.15, 0.2) is 41.8 Å². The number of rotatable bonds is 4. The minimum Gasteiger partial charge on any atom is -0.508 e. The van der Waals surface area contributed by atoms with Crippen molar-refractivity contribution in [1.29, 1.82) is 0 Å². The second-order valence-electron chi connectivity index (χ2n) is 5.82. The number of benzene rings is 1. The van der Waals surface area contributed by atoms with Crippen LogP contribution in [-0.2, 0) is 6.42 Å². The molecule has 0 bridgehead atoms. The molecule has 0 unspecified atom stereocenters. The van der Waals surface area contributed by atoms with Gasteiger partial charge >= 0.3 is 0 Å². The maximum Gasteiger partial charge on any atom is 0.254 e. The van der Waals surface area contributed by atoms with Gasteiger partial charge in [-0.25, -0.2) is 0 Å². The predicted molar refractivity (Wildman–Crippen MR) is 89.4 cm³/mol. The third kappa shape index (κ3) is 3.50. The highest BCUT2D eigenvalue weighted by Crippen LogP contribution is 2.25. The van der Waals surface area contributed by atoms with E-state index in [1.54, 1.807) is 35.6 Å². The molecule has 1 aromatic carbocycles. The van der Waals surface area contributed by atoms with Crippen molar-refractivity contribution < 1.29 is 9.90 Å². The van der Waals surface area contributed by atoms with E-state index in [1.165, 1.54) is 11.3 Å². The lowest BCUT2D eigenvalue weighted by atomic mass is 9.96. The van der Waals surface area contributed by atoms with Crippen LogP contribution >= 0.6 is 11.3 Å². The first-order valence-electron chi connectivity index (χ1n) is 7.86. The third-order valence-corrected chi connectivity index (χ3v) is 5.22. The van der Waals surface area contributed by atoms with Crippen molar-refractivity contribution in [2.75, 3.05) is 6.54 Å². The number of thiophene rings is 1. The van der Waals surface area contributed by atoms with Crippen LogP contribution in [0.3, 0.4) is 0 Å². The number of aromatic hydroxyl groups is 1. The summed E-state index contributed by atoms with van der Waals surface area (Å²) in [6.45, 7) is 0.823. The van der Waals surface area contributed by atoms with Crippen LogP contribution in [0.2, 0.25) is 0 Å². The number of carbonyl (C=O) groups is 1. The number of hydrogen-bond acceptors (Lipinski definition) is 3. The molecule has 0 saturated carbocycles. The Bertz CT molecular complexity index is 624. The highest BCUT2D eigenvalue weighted by atomic mass is 32.1. The molecule has 1 saturated heterocycles. The van der Waals surface area contributed by atoms with Crippen LogP contribution < -0.4 is 0 Å². The van der Waals surface area contributed by atoms with E-state index in [0.29, 0.717) is 11.6 Å². The van der Waals surface area contributed by atoms with Gasteiger partial charge in [0.25, 0.3) is 5.91 Å². The Morgan fingerprint density at radius 2 is 2.18 bits per heavy atom. The molecule has 4 heteroatoms. The summed E-state index contributed by atoms with van der Waals surface area (Å²) in [6, 6.07) is 11.2. The fraction of sp³-hybridized carbons (Fsp3) is 0.389. The van der Waals surface area contributed by atoms with E-state index < -0.39 is 0 Å². The number of aryl methyl sites for hydroxylation is 1. The molecule has 2 heterocycles. The van der Waals surface area contributed by atoms with Gasteiger partial charge in [-0.2, -0.15) is 0 Å². The molecule has 0 radical (unpaired) electrons. The molecule has 1 aromatic heterocycles. The normalized spacial score (nSPS) is 18.4. The molecule has 1 amide bonds. The van der Waals surface area contributed by atoms with E-state index in [0.717, 1.165) is 32.2 Å². The van der Waals surface area contributed by atoms with Crippen molar-refractivity contribution in [3.63, 3.8) is 0 Å². The Labute approximate surface area is 135 Å².